The van der Waals surface area contributed by atoms with Gasteiger partial charge in [0.2, 0.25) is 5.91 Å². The van der Waals surface area contributed by atoms with Crippen molar-refractivity contribution in [2.45, 2.75) is 39.0 Å². The fraction of sp³-hybridized carbons (Fsp3) is 0.346. The molecule has 0 aliphatic carbocycles. The fourth-order valence-electron chi connectivity index (χ4n) is 2.92. The molecule has 0 aromatic heterocycles. The Labute approximate surface area is 209 Å². The summed E-state index contributed by atoms with van der Waals surface area (Å²) < 4.78 is 14.7. The SMILES string of the molecule is CCCCOC(=O)c1ccc(NC(=O)CCCC(=O)OCC(=O)Nc2ccc(C(=O)OC)cc2)cc1. The van der Waals surface area contributed by atoms with Crippen LogP contribution in [-0.2, 0) is 28.6 Å². The summed E-state index contributed by atoms with van der Waals surface area (Å²) in [7, 11) is 1.27. The van der Waals surface area contributed by atoms with Gasteiger partial charge < -0.3 is 24.8 Å². The van der Waals surface area contributed by atoms with Gasteiger partial charge in [0.05, 0.1) is 24.8 Å². The summed E-state index contributed by atoms with van der Waals surface area (Å²) in [4.78, 5) is 59.2. The molecule has 0 bridgehead atoms. The van der Waals surface area contributed by atoms with E-state index in [1.54, 1.807) is 24.3 Å². The largest absolute Gasteiger partial charge is 0.465 e. The van der Waals surface area contributed by atoms with Crippen molar-refractivity contribution in [3.05, 3.63) is 59.7 Å². The number of hydrogen-bond acceptors (Lipinski definition) is 8. The van der Waals surface area contributed by atoms with Gasteiger partial charge in [0, 0.05) is 24.2 Å². The first kappa shape index (κ1) is 28.0. The number of esters is 3. The Morgan fingerprint density at radius 3 is 1.81 bits per heavy atom. The Morgan fingerprint density at radius 2 is 1.25 bits per heavy atom. The molecule has 0 fully saturated rings. The average molecular weight is 499 g/mol. The van der Waals surface area contributed by atoms with Crippen molar-refractivity contribution >= 4 is 41.1 Å². The minimum atomic E-state index is -0.607. The van der Waals surface area contributed by atoms with Crippen molar-refractivity contribution < 1.29 is 38.2 Å². The lowest BCUT2D eigenvalue weighted by molar-refractivity contribution is -0.147. The van der Waals surface area contributed by atoms with Gasteiger partial charge in [0.1, 0.15) is 0 Å². The average Bonchev–Trinajstić information content (AvgIpc) is 2.88. The summed E-state index contributed by atoms with van der Waals surface area (Å²) >= 11 is 0. The second kappa shape index (κ2) is 14.9. The van der Waals surface area contributed by atoms with Crippen LogP contribution in [0, 0.1) is 0 Å². The molecule has 0 saturated heterocycles. The molecule has 2 aromatic rings. The van der Waals surface area contributed by atoms with E-state index in [0.717, 1.165) is 12.8 Å². The van der Waals surface area contributed by atoms with Gasteiger partial charge in [-0.25, -0.2) is 9.59 Å². The Kier molecular flexibility index (Phi) is 11.6. The zero-order valence-corrected chi connectivity index (χ0v) is 20.3. The van der Waals surface area contributed by atoms with Gasteiger partial charge in [0.25, 0.3) is 5.91 Å². The molecule has 0 spiro atoms. The number of unbranched alkanes of at least 4 members (excludes halogenated alkanes) is 1. The van der Waals surface area contributed by atoms with Crippen LogP contribution in [0.1, 0.15) is 59.7 Å². The standard InChI is InChI=1S/C26H30N2O8/c1-3-4-16-35-26(33)19-10-14-20(15-11-19)27-22(29)6-5-7-24(31)36-17-23(30)28-21-12-8-18(9-13-21)25(32)34-2/h8-15H,3-7,16-17H2,1-2H3,(H,27,29)(H,28,30). The maximum Gasteiger partial charge on any atom is 0.338 e. The summed E-state index contributed by atoms with van der Waals surface area (Å²) in [5, 5.41) is 5.24. The van der Waals surface area contributed by atoms with E-state index in [4.69, 9.17) is 9.47 Å². The van der Waals surface area contributed by atoms with E-state index in [2.05, 4.69) is 15.4 Å². The minimum Gasteiger partial charge on any atom is -0.465 e. The molecule has 2 rings (SSSR count). The Balaban J connectivity index is 1.64. The number of hydrogen-bond donors (Lipinski definition) is 2. The van der Waals surface area contributed by atoms with Crippen molar-refractivity contribution in [1.29, 1.82) is 0 Å². The first-order chi connectivity index (χ1) is 17.3. The molecule has 0 radical (unpaired) electrons. The van der Waals surface area contributed by atoms with Crippen LogP contribution < -0.4 is 10.6 Å². The van der Waals surface area contributed by atoms with Crippen LogP contribution >= 0.6 is 0 Å². The van der Waals surface area contributed by atoms with Crippen LogP contribution in [0.3, 0.4) is 0 Å². The van der Waals surface area contributed by atoms with Crippen LogP contribution in [0.5, 0.6) is 0 Å². The van der Waals surface area contributed by atoms with Crippen molar-refractivity contribution in [1.82, 2.24) is 0 Å². The summed E-state index contributed by atoms with van der Waals surface area (Å²) in [5.41, 5.74) is 1.69. The molecule has 36 heavy (non-hydrogen) atoms. The minimum absolute atomic E-state index is 0.0307. The third-order valence-corrected chi connectivity index (χ3v) is 4.87. The quantitative estimate of drug-likeness (QED) is 0.242. The number of carbonyl (C=O) groups is 5. The van der Waals surface area contributed by atoms with Gasteiger partial charge in [-0.2, -0.15) is 0 Å². The lowest BCUT2D eigenvalue weighted by Gasteiger charge is -2.08. The number of rotatable bonds is 13. The van der Waals surface area contributed by atoms with Crippen LogP contribution in [0.4, 0.5) is 11.4 Å². The normalized spacial score (nSPS) is 10.2. The van der Waals surface area contributed by atoms with Crippen LogP contribution in [-0.4, -0.2) is 50.0 Å². The Bertz CT molecular complexity index is 1050. The smallest absolute Gasteiger partial charge is 0.338 e. The molecule has 2 N–H and O–H groups in total. The lowest BCUT2D eigenvalue weighted by atomic mass is 10.2. The number of anilines is 2. The van der Waals surface area contributed by atoms with E-state index < -0.39 is 30.4 Å². The molecule has 0 aliphatic heterocycles. The zero-order valence-electron chi connectivity index (χ0n) is 20.3. The maximum atomic E-state index is 12.1. The highest BCUT2D eigenvalue weighted by Gasteiger charge is 2.11. The zero-order chi connectivity index (χ0) is 26.3. The lowest BCUT2D eigenvalue weighted by Crippen LogP contribution is -2.21. The number of methoxy groups -OCH3 is 1. The Morgan fingerprint density at radius 1 is 0.694 bits per heavy atom. The molecule has 2 amide bonds. The van der Waals surface area contributed by atoms with Gasteiger partial charge in [-0.05, 0) is 61.4 Å². The summed E-state index contributed by atoms with van der Waals surface area (Å²) in [6, 6.07) is 12.4. The molecular weight excluding hydrogens is 468 g/mol. The molecule has 0 atom stereocenters. The van der Waals surface area contributed by atoms with Crippen molar-refractivity contribution in [2.75, 3.05) is 31.0 Å². The molecule has 0 heterocycles. The maximum absolute atomic E-state index is 12.1. The summed E-state index contributed by atoms with van der Waals surface area (Å²) in [6.45, 7) is 1.90. The monoisotopic (exact) mass is 498 g/mol. The molecule has 0 saturated carbocycles. The van der Waals surface area contributed by atoms with E-state index in [-0.39, 0.29) is 25.2 Å². The first-order valence-corrected chi connectivity index (χ1v) is 11.5. The fourth-order valence-corrected chi connectivity index (χ4v) is 2.92. The van der Waals surface area contributed by atoms with E-state index in [0.29, 0.717) is 29.1 Å². The molecule has 2 aromatic carbocycles. The molecule has 0 unspecified atom stereocenters. The first-order valence-electron chi connectivity index (χ1n) is 11.5. The number of nitrogens with one attached hydrogen (secondary N) is 2. The number of carbonyl (C=O) groups excluding carboxylic acids is 5. The van der Waals surface area contributed by atoms with Crippen LogP contribution in [0.15, 0.2) is 48.5 Å². The van der Waals surface area contributed by atoms with Gasteiger partial charge in [-0.15, -0.1) is 0 Å². The van der Waals surface area contributed by atoms with Gasteiger partial charge in [-0.3, -0.25) is 14.4 Å². The highest BCUT2D eigenvalue weighted by Crippen LogP contribution is 2.13. The van der Waals surface area contributed by atoms with Crippen LogP contribution in [0.2, 0.25) is 0 Å². The topological polar surface area (TPSA) is 137 Å². The molecule has 0 aliphatic rings. The number of amides is 2. The van der Waals surface area contributed by atoms with Crippen molar-refractivity contribution in [2.24, 2.45) is 0 Å². The van der Waals surface area contributed by atoms with Gasteiger partial charge in [0.15, 0.2) is 6.61 Å². The number of benzene rings is 2. The molecule has 10 heteroatoms. The number of ether oxygens (including phenoxy) is 3. The van der Waals surface area contributed by atoms with E-state index in [1.807, 2.05) is 6.92 Å². The summed E-state index contributed by atoms with van der Waals surface area (Å²) in [6.07, 6.45) is 2.02. The van der Waals surface area contributed by atoms with Gasteiger partial charge in [-0.1, -0.05) is 13.3 Å². The van der Waals surface area contributed by atoms with Crippen molar-refractivity contribution in [3.8, 4) is 0 Å². The third-order valence-electron chi connectivity index (χ3n) is 4.87. The Hall–Kier alpha value is -4.21. The van der Waals surface area contributed by atoms with E-state index in [1.165, 1.54) is 31.4 Å². The predicted octanol–water partition coefficient (Wildman–Crippen LogP) is 3.72. The molecule has 10 nitrogen and oxygen atoms in total. The third kappa shape index (κ3) is 9.96. The highest BCUT2D eigenvalue weighted by molar-refractivity contribution is 5.95. The summed E-state index contributed by atoms with van der Waals surface area (Å²) in [5.74, 6) is -2.35. The van der Waals surface area contributed by atoms with E-state index in [9.17, 15) is 24.0 Å². The second-order valence-electron chi connectivity index (χ2n) is 7.75. The van der Waals surface area contributed by atoms with Crippen LogP contribution in [0.25, 0.3) is 0 Å². The second-order valence-corrected chi connectivity index (χ2v) is 7.75. The highest BCUT2D eigenvalue weighted by atomic mass is 16.5. The molecular formula is C26H30N2O8. The van der Waals surface area contributed by atoms with E-state index >= 15 is 0 Å². The van der Waals surface area contributed by atoms with Gasteiger partial charge >= 0.3 is 17.9 Å². The van der Waals surface area contributed by atoms with Crippen molar-refractivity contribution in [3.63, 3.8) is 0 Å². The predicted molar refractivity (Wildman–Crippen MR) is 131 cm³/mol. The molecule has 192 valence electrons.